The first-order chi connectivity index (χ1) is 7.85. The molecule has 2 rings (SSSR count). The van der Waals surface area contributed by atoms with Gasteiger partial charge in [-0.15, -0.1) is 0 Å². The van der Waals surface area contributed by atoms with Crippen molar-refractivity contribution in [3.05, 3.63) is 36.4 Å². The standard InChI is InChI=1S/C11H11N3O2/c1-2-16-9-6-13-14(7-9)11-4-3-5-12-10(11)8-15/h3-8H,2H2,1H3. The average molecular weight is 217 g/mol. The Hall–Kier alpha value is -2.17. The zero-order valence-electron chi connectivity index (χ0n) is 8.83. The van der Waals surface area contributed by atoms with Gasteiger partial charge in [0.15, 0.2) is 12.0 Å². The number of aromatic nitrogens is 3. The zero-order valence-corrected chi connectivity index (χ0v) is 8.83. The highest BCUT2D eigenvalue weighted by molar-refractivity contribution is 5.77. The molecular weight excluding hydrogens is 206 g/mol. The normalized spacial score (nSPS) is 10.1. The highest BCUT2D eigenvalue weighted by Crippen LogP contribution is 2.14. The average Bonchev–Trinajstić information content (AvgIpc) is 2.78. The molecule has 0 aliphatic carbocycles. The van der Waals surface area contributed by atoms with Crippen LogP contribution in [0.5, 0.6) is 5.75 Å². The van der Waals surface area contributed by atoms with Crippen molar-refractivity contribution in [3.63, 3.8) is 0 Å². The lowest BCUT2D eigenvalue weighted by Gasteiger charge is -2.02. The lowest BCUT2D eigenvalue weighted by atomic mass is 10.3. The van der Waals surface area contributed by atoms with Crippen LogP contribution in [0, 0.1) is 0 Å². The van der Waals surface area contributed by atoms with E-state index in [1.54, 1.807) is 35.4 Å². The maximum atomic E-state index is 10.8. The van der Waals surface area contributed by atoms with Crippen LogP contribution in [0.2, 0.25) is 0 Å². The van der Waals surface area contributed by atoms with Gasteiger partial charge in [0.25, 0.3) is 0 Å². The van der Waals surface area contributed by atoms with Crippen molar-refractivity contribution in [2.24, 2.45) is 0 Å². The number of hydrogen-bond donors (Lipinski definition) is 0. The lowest BCUT2D eigenvalue weighted by Crippen LogP contribution is -2.01. The number of carbonyl (C=O) groups excluding carboxylic acids is 1. The molecule has 0 saturated carbocycles. The van der Waals surface area contributed by atoms with E-state index in [4.69, 9.17) is 4.74 Å². The summed E-state index contributed by atoms with van der Waals surface area (Å²) in [5.74, 6) is 0.670. The van der Waals surface area contributed by atoms with Gasteiger partial charge < -0.3 is 4.74 Å². The fourth-order valence-corrected chi connectivity index (χ4v) is 1.37. The Bertz CT molecular complexity index is 493. The Morgan fingerprint density at radius 1 is 1.56 bits per heavy atom. The molecule has 0 aliphatic heterocycles. The molecule has 82 valence electrons. The summed E-state index contributed by atoms with van der Waals surface area (Å²) in [6, 6.07) is 3.53. The number of pyridine rings is 1. The summed E-state index contributed by atoms with van der Waals surface area (Å²) in [6.07, 6.45) is 5.59. The number of carbonyl (C=O) groups is 1. The van der Waals surface area contributed by atoms with Gasteiger partial charge in [-0.05, 0) is 19.1 Å². The largest absolute Gasteiger partial charge is 0.491 e. The van der Waals surface area contributed by atoms with Crippen LogP contribution in [-0.4, -0.2) is 27.7 Å². The van der Waals surface area contributed by atoms with Crippen LogP contribution in [0.15, 0.2) is 30.7 Å². The van der Waals surface area contributed by atoms with E-state index in [1.807, 2.05) is 6.92 Å². The molecule has 0 amide bonds. The third-order valence-corrected chi connectivity index (χ3v) is 2.04. The lowest BCUT2D eigenvalue weighted by molar-refractivity contribution is 0.111. The summed E-state index contributed by atoms with van der Waals surface area (Å²) < 4.78 is 6.86. The minimum Gasteiger partial charge on any atom is -0.491 e. The summed E-state index contributed by atoms with van der Waals surface area (Å²) >= 11 is 0. The first kappa shape index (κ1) is 10.4. The molecule has 0 spiro atoms. The maximum absolute atomic E-state index is 10.8. The van der Waals surface area contributed by atoms with Gasteiger partial charge >= 0.3 is 0 Å². The van der Waals surface area contributed by atoms with E-state index in [9.17, 15) is 4.79 Å². The maximum Gasteiger partial charge on any atom is 0.170 e. The predicted molar refractivity (Wildman–Crippen MR) is 57.9 cm³/mol. The predicted octanol–water partition coefficient (Wildman–Crippen LogP) is 1.48. The van der Waals surface area contributed by atoms with Crippen molar-refractivity contribution in [3.8, 4) is 11.4 Å². The highest BCUT2D eigenvalue weighted by Gasteiger charge is 2.06. The van der Waals surface area contributed by atoms with Gasteiger partial charge in [-0.2, -0.15) is 5.10 Å². The molecule has 0 fully saturated rings. The Labute approximate surface area is 92.7 Å². The van der Waals surface area contributed by atoms with E-state index < -0.39 is 0 Å². The van der Waals surface area contributed by atoms with Gasteiger partial charge in [0, 0.05) is 6.20 Å². The second-order valence-corrected chi connectivity index (χ2v) is 3.08. The second-order valence-electron chi connectivity index (χ2n) is 3.08. The number of hydrogen-bond acceptors (Lipinski definition) is 4. The quantitative estimate of drug-likeness (QED) is 0.728. The zero-order chi connectivity index (χ0) is 11.4. The number of ether oxygens (including phenoxy) is 1. The molecule has 5 heteroatoms. The van der Waals surface area contributed by atoms with Crippen molar-refractivity contribution < 1.29 is 9.53 Å². The summed E-state index contributed by atoms with van der Waals surface area (Å²) in [5, 5.41) is 4.11. The van der Waals surface area contributed by atoms with E-state index >= 15 is 0 Å². The van der Waals surface area contributed by atoms with E-state index in [0.717, 1.165) is 0 Å². The van der Waals surface area contributed by atoms with Crippen molar-refractivity contribution in [1.82, 2.24) is 14.8 Å². The van der Waals surface area contributed by atoms with Crippen molar-refractivity contribution >= 4 is 6.29 Å². The molecule has 0 N–H and O–H groups in total. The fraction of sp³-hybridized carbons (Fsp3) is 0.182. The van der Waals surface area contributed by atoms with Crippen LogP contribution in [0.25, 0.3) is 5.69 Å². The minimum atomic E-state index is 0.355. The minimum absolute atomic E-state index is 0.355. The van der Waals surface area contributed by atoms with Gasteiger partial charge in [-0.25, -0.2) is 4.68 Å². The SMILES string of the molecule is CCOc1cnn(-c2cccnc2C=O)c1. The summed E-state index contributed by atoms with van der Waals surface area (Å²) in [4.78, 5) is 14.8. The molecule has 0 atom stereocenters. The van der Waals surface area contributed by atoms with Gasteiger partial charge in [0.1, 0.15) is 5.69 Å². The third-order valence-electron chi connectivity index (χ3n) is 2.04. The molecule has 0 saturated heterocycles. The highest BCUT2D eigenvalue weighted by atomic mass is 16.5. The number of nitrogens with zero attached hydrogens (tertiary/aromatic N) is 3. The molecule has 5 nitrogen and oxygen atoms in total. The monoisotopic (exact) mass is 217 g/mol. The number of rotatable bonds is 4. The topological polar surface area (TPSA) is 57.0 Å². The fourth-order valence-electron chi connectivity index (χ4n) is 1.37. The van der Waals surface area contributed by atoms with E-state index in [0.29, 0.717) is 30.0 Å². The van der Waals surface area contributed by atoms with Gasteiger partial charge in [-0.1, -0.05) is 0 Å². The van der Waals surface area contributed by atoms with Gasteiger partial charge in [-0.3, -0.25) is 9.78 Å². The Morgan fingerprint density at radius 3 is 3.19 bits per heavy atom. The number of aldehydes is 1. The molecule has 0 bridgehead atoms. The molecule has 0 aromatic carbocycles. The molecule has 2 aromatic rings. The molecule has 0 radical (unpaired) electrons. The summed E-state index contributed by atoms with van der Waals surface area (Å²) in [5.41, 5.74) is 0.997. The van der Waals surface area contributed by atoms with Crippen LogP contribution < -0.4 is 4.74 Å². The van der Waals surface area contributed by atoms with Crippen LogP contribution in [-0.2, 0) is 0 Å². The van der Waals surface area contributed by atoms with E-state index in [-0.39, 0.29) is 0 Å². The molecule has 2 heterocycles. The van der Waals surface area contributed by atoms with Gasteiger partial charge in [0.05, 0.1) is 24.7 Å². The first-order valence-corrected chi connectivity index (χ1v) is 4.93. The van der Waals surface area contributed by atoms with Crippen LogP contribution in [0.3, 0.4) is 0 Å². The first-order valence-electron chi connectivity index (χ1n) is 4.93. The van der Waals surface area contributed by atoms with Crippen LogP contribution >= 0.6 is 0 Å². The molecule has 0 aliphatic rings. The Kier molecular flexibility index (Phi) is 2.95. The summed E-state index contributed by atoms with van der Waals surface area (Å²) in [6.45, 7) is 2.48. The van der Waals surface area contributed by atoms with E-state index in [1.165, 1.54) is 0 Å². The van der Waals surface area contributed by atoms with Crippen LogP contribution in [0.4, 0.5) is 0 Å². The van der Waals surface area contributed by atoms with Crippen molar-refractivity contribution in [2.75, 3.05) is 6.61 Å². The van der Waals surface area contributed by atoms with Crippen LogP contribution in [0.1, 0.15) is 17.4 Å². The second kappa shape index (κ2) is 4.57. The Balaban J connectivity index is 2.38. The van der Waals surface area contributed by atoms with Crippen molar-refractivity contribution in [2.45, 2.75) is 6.92 Å². The molecule has 16 heavy (non-hydrogen) atoms. The molecular formula is C11H11N3O2. The van der Waals surface area contributed by atoms with E-state index in [2.05, 4.69) is 10.1 Å². The van der Waals surface area contributed by atoms with Gasteiger partial charge in [0.2, 0.25) is 0 Å². The molecule has 2 aromatic heterocycles. The van der Waals surface area contributed by atoms with Crippen molar-refractivity contribution in [1.29, 1.82) is 0 Å². The Morgan fingerprint density at radius 2 is 2.44 bits per heavy atom. The smallest absolute Gasteiger partial charge is 0.170 e. The summed E-state index contributed by atoms with van der Waals surface area (Å²) in [7, 11) is 0. The molecule has 0 unspecified atom stereocenters. The third kappa shape index (κ3) is 1.93.